The smallest absolute Gasteiger partial charge is 0.460 e. The zero-order valence-electron chi connectivity index (χ0n) is 14.4. The molecule has 0 amide bonds. The molecule has 0 heterocycles. The molecule has 0 aliphatic carbocycles. The van der Waals surface area contributed by atoms with Gasteiger partial charge in [-0.15, -0.1) is 0 Å². The fourth-order valence-electron chi connectivity index (χ4n) is 1.82. The van der Waals surface area contributed by atoms with Crippen LogP contribution in [0.4, 0.5) is 57.1 Å². The highest BCUT2D eigenvalue weighted by molar-refractivity contribution is 5.86. The molecule has 0 saturated heterocycles. The first-order valence-electron chi connectivity index (χ1n) is 7.32. The predicted octanol–water partition coefficient (Wildman–Crippen LogP) is 5.87. The Kier molecular flexibility index (Phi) is 7.39. The Balaban J connectivity index is 6.19. The van der Waals surface area contributed by atoms with Crippen molar-refractivity contribution in [2.45, 2.75) is 56.1 Å². The summed E-state index contributed by atoms with van der Waals surface area (Å²) in [6.45, 7) is 2.79. The Labute approximate surface area is 154 Å². The molecule has 0 radical (unpaired) electrons. The van der Waals surface area contributed by atoms with Crippen molar-refractivity contribution < 1.29 is 66.6 Å². The van der Waals surface area contributed by atoms with E-state index < -0.39 is 66.3 Å². The average Bonchev–Trinajstić information content (AvgIpc) is 2.52. The predicted molar refractivity (Wildman–Crippen MR) is 70.3 cm³/mol. The molecule has 0 aromatic heterocycles. The molecule has 2 nitrogen and oxygen atoms in total. The third-order valence-electron chi connectivity index (χ3n) is 3.73. The lowest BCUT2D eigenvalue weighted by Crippen LogP contribution is -2.71. The molecule has 0 aliphatic rings. The molecule has 0 aromatic carbocycles. The van der Waals surface area contributed by atoms with E-state index >= 15 is 0 Å². The molecular formula is C14H13F13O2. The SMILES string of the molecule is C=C(C)C(=O)OCC(CC)C(F)(F)C(F)(F)C(F)(F)C(F)(F)C(F)(F)C(F)(F)F. The Morgan fingerprint density at radius 2 is 1.17 bits per heavy atom. The lowest BCUT2D eigenvalue weighted by molar-refractivity contribution is -0.443. The normalized spacial score (nSPS) is 15.8. The second-order valence-corrected chi connectivity index (χ2v) is 5.90. The molecule has 29 heavy (non-hydrogen) atoms. The van der Waals surface area contributed by atoms with Gasteiger partial charge in [0.15, 0.2) is 0 Å². The van der Waals surface area contributed by atoms with Crippen LogP contribution in [0.3, 0.4) is 0 Å². The molecule has 0 aliphatic heterocycles. The quantitative estimate of drug-likeness (QED) is 0.245. The first-order valence-corrected chi connectivity index (χ1v) is 7.32. The van der Waals surface area contributed by atoms with Gasteiger partial charge in [0, 0.05) is 5.57 Å². The number of alkyl halides is 13. The van der Waals surface area contributed by atoms with Gasteiger partial charge in [0.1, 0.15) is 6.61 Å². The molecule has 1 unspecified atom stereocenters. The summed E-state index contributed by atoms with van der Waals surface area (Å²) in [6, 6.07) is 0. The molecule has 0 aromatic rings. The van der Waals surface area contributed by atoms with Gasteiger partial charge < -0.3 is 4.74 Å². The summed E-state index contributed by atoms with van der Waals surface area (Å²) in [4.78, 5) is 11.1. The molecule has 0 spiro atoms. The summed E-state index contributed by atoms with van der Waals surface area (Å²) in [7, 11) is 0. The summed E-state index contributed by atoms with van der Waals surface area (Å²) < 4.78 is 174. The van der Waals surface area contributed by atoms with E-state index in [1.165, 1.54) is 0 Å². The van der Waals surface area contributed by atoms with Gasteiger partial charge in [-0.3, -0.25) is 0 Å². The zero-order chi connectivity index (χ0) is 23.9. The van der Waals surface area contributed by atoms with Gasteiger partial charge in [-0.2, -0.15) is 57.1 Å². The molecule has 0 bridgehead atoms. The number of hydrogen-bond acceptors (Lipinski definition) is 2. The topological polar surface area (TPSA) is 26.3 Å². The molecule has 0 saturated carbocycles. The van der Waals surface area contributed by atoms with Crippen molar-refractivity contribution in [3.8, 4) is 0 Å². The Hall–Kier alpha value is -1.70. The number of esters is 1. The van der Waals surface area contributed by atoms with E-state index in [1.54, 1.807) is 0 Å². The van der Waals surface area contributed by atoms with Gasteiger partial charge >= 0.3 is 41.8 Å². The minimum absolute atomic E-state index is 0.461. The molecule has 15 heteroatoms. The van der Waals surface area contributed by atoms with Crippen molar-refractivity contribution in [2.75, 3.05) is 6.61 Å². The fourth-order valence-corrected chi connectivity index (χ4v) is 1.82. The van der Waals surface area contributed by atoms with Crippen molar-refractivity contribution in [1.82, 2.24) is 0 Å². The van der Waals surface area contributed by atoms with Crippen LogP contribution in [-0.4, -0.2) is 48.4 Å². The molecule has 0 fully saturated rings. The minimum Gasteiger partial charge on any atom is -0.462 e. The lowest BCUT2D eigenvalue weighted by Gasteiger charge is -2.41. The summed E-state index contributed by atoms with van der Waals surface area (Å²) in [5.41, 5.74) is -0.461. The van der Waals surface area contributed by atoms with E-state index in [9.17, 15) is 61.9 Å². The van der Waals surface area contributed by atoms with E-state index in [2.05, 4.69) is 11.3 Å². The van der Waals surface area contributed by atoms with Crippen molar-refractivity contribution in [3.05, 3.63) is 12.2 Å². The third-order valence-corrected chi connectivity index (χ3v) is 3.73. The third kappa shape index (κ3) is 4.27. The summed E-state index contributed by atoms with van der Waals surface area (Å²) >= 11 is 0. The van der Waals surface area contributed by atoms with Crippen molar-refractivity contribution in [3.63, 3.8) is 0 Å². The fraction of sp³-hybridized carbons (Fsp3) is 0.786. The summed E-state index contributed by atoms with van der Waals surface area (Å²) in [5, 5.41) is 0. The first kappa shape index (κ1) is 27.3. The van der Waals surface area contributed by atoms with Crippen LogP contribution >= 0.6 is 0 Å². The van der Waals surface area contributed by atoms with Crippen LogP contribution in [0.1, 0.15) is 20.3 Å². The number of hydrogen-bond donors (Lipinski definition) is 0. The van der Waals surface area contributed by atoms with E-state index in [-0.39, 0.29) is 0 Å². The van der Waals surface area contributed by atoms with Gasteiger partial charge in [0.25, 0.3) is 0 Å². The van der Waals surface area contributed by atoms with Gasteiger partial charge in [0.05, 0.1) is 5.92 Å². The highest BCUT2D eigenvalue weighted by Gasteiger charge is 2.91. The van der Waals surface area contributed by atoms with E-state index in [1.807, 2.05) is 0 Å². The zero-order valence-corrected chi connectivity index (χ0v) is 14.4. The van der Waals surface area contributed by atoms with Gasteiger partial charge in [-0.1, -0.05) is 13.5 Å². The Morgan fingerprint density at radius 1 is 0.793 bits per heavy atom. The number of carbonyl (C=O) groups excluding carboxylic acids is 1. The van der Waals surface area contributed by atoms with Crippen LogP contribution in [0.5, 0.6) is 0 Å². The maximum atomic E-state index is 13.9. The summed E-state index contributed by atoms with van der Waals surface area (Å²) in [5.74, 6) is -41.9. The first-order chi connectivity index (χ1) is 12.5. The molecule has 0 rings (SSSR count). The van der Waals surface area contributed by atoms with Crippen LogP contribution < -0.4 is 0 Å². The largest absolute Gasteiger partial charge is 0.462 e. The van der Waals surface area contributed by atoms with Gasteiger partial charge in [-0.05, 0) is 13.3 Å². The van der Waals surface area contributed by atoms with E-state index in [0.29, 0.717) is 6.92 Å². The summed E-state index contributed by atoms with van der Waals surface area (Å²) in [6.07, 6.45) is -8.71. The molecular weight excluding hydrogens is 447 g/mol. The highest BCUT2D eigenvalue weighted by Crippen LogP contribution is 2.61. The lowest BCUT2D eigenvalue weighted by atomic mass is 9.86. The maximum absolute atomic E-state index is 13.9. The maximum Gasteiger partial charge on any atom is 0.460 e. The monoisotopic (exact) mass is 460 g/mol. The van der Waals surface area contributed by atoms with E-state index in [0.717, 1.165) is 6.92 Å². The highest BCUT2D eigenvalue weighted by atomic mass is 19.4. The van der Waals surface area contributed by atoms with E-state index in [4.69, 9.17) is 0 Å². The molecule has 172 valence electrons. The molecule has 0 N–H and O–H groups in total. The minimum atomic E-state index is -7.96. The number of carbonyl (C=O) groups is 1. The van der Waals surface area contributed by atoms with Crippen LogP contribution in [0, 0.1) is 5.92 Å². The van der Waals surface area contributed by atoms with Crippen LogP contribution in [-0.2, 0) is 9.53 Å². The van der Waals surface area contributed by atoms with Crippen LogP contribution in [0.25, 0.3) is 0 Å². The van der Waals surface area contributed by atoms with Crippen LogP contribution in [0.15, 0.2) is 12.2 Å². The van der Waals surface area contributed by atoms with Crippen LogP contribution in [0.2, 0.25) is 0 Å². The van der Waals surface area contributed by atoms with Crippen molar-refractivity contribution >= 4 is 5.97 Å². The second kappa shape index (κ2) is 7.85. The molecule has 1 atom stereocenters. The number of ether oxygens (including phenoxy) is 1. The Bertz CT molecular complexity index is 621. The second-order valence-electron chi connectivity index (χ2n) is 5.90. The van der Waals surface area contributed by atoms with Crippen molar-refractivity contribution in [1.29, 1.82) is 0 Å². The van der Waals surface area contributed by atoms with Gasteiger partial charge in [-0.25, -0.2) is 4.79 Å². The average molecular weight is 460 g/mol. The standard InChI is InChI=1S/C14H13F13O2/c1-4-7(5-29-8(28)6(2)3)9(15,16)10(17,18)11(19,20)12(21,22)13(23,24)14(25,26)27/h7H,2,4-5H2,1,3H3. The Morgan fingerprint density at radius 3 is 1.48 bits per heavy atom. The van der Waals surface area contributed by atoms with Gasteiger partial charge in [0.2, 0.25) is 0 Å². The number of halogens is 13. The van der Waals surface area contributed by atoms with Crippen molar-refractivity contribution in [2.24, 2.45) is 5.92 Å². The number of rotatable bonds is 9.